The van der Waals surface area contributed by atoms with Crippen molar-refractivity contribution in [1.29, 1.82) is 0 Å². The molecule has 0 radical (unpaired) electrons. The van der Waals surface area contributed by atoms with Gasteiger partial charge in [0.05, 0.1) is 18.0 Å². The van der Waals surface area contributed by atoms with Crippen molar-refractivity contribution in [3.63, 3.8) is 0 Å². The molecular weight excluding hydrogens is 362 g/mol. The lowest BCUT2D eigenvalue weighted by Crippen LogP contribution is -2.25. The average Bonchev–Trinajstić information content (AvgIpc) is 3.20. The largest absolute Gasteiger partial charge is 0.491 e. The molecule has 0 spiro atoms. The van der Waals surface area contributed by atoms with Gasteiger partial charge >= 0.3 is 0 Å². The normalized spacial score (nSPS) is 14.0. The Hall–Kier alpha value is -2.63. The van der Waals surface area contributed by atoms with Crippen LogP contribution in [0, 0.1) is 0 Å². The van der Waals surface area contributed by atoms with Crippen LogP contribution >= 0.6 is 0 Å². The lowest BCUT2D eigenvalue weighted by molar-refractivity contribution is 0.152. The fourth-order valence-corrected chi connectivity index (χ4v) is 3.02. The number of allylic oxidation sites excluding steroid dienone is 5. The van der Waals surface area contributed by atoms with Crippen LogP contribution in [0.1, 0.15) is 51.9 Å². The summed E-state index contributed by atoms with van der Waals surface area (Å²) in [7, 11) is 0. The van der Waals surface area contributed by atoms with Gasteiger partial charge in [0.1, 0.15) is 12.4 Å². The van der Waals surface area contributed by atoms with Crippen molar-refractivity contribution < 1.29 is 9.84 Å². The molecule has 1 unspecified atom stereocenters. The number of aromatic amines is 1. The van der Waals surface area contributed by atoms with Crippen molar-refractivity contribution in [2.75, 3.05) is 13.2 Å². The van der Waals surface area contributed by atoms with Crippen LogP contribution < -0.4 is 5.32 Å². The summed E-state index contributed by atoms with van der Waals surface area (Å²) in [5, 5.41) is 20.1. The first-order chi connectivity index (χ1) is 13.9. The van der Waals surface area contributed by atoms with Crippen molar-refractivity contribution >= 4 is 5.57 Å². The number of hydrogen-bond acceptors (Lipinski definition) is 4. The highest BCUT2D eigenvalue weighted by Crippen LogP contribution is 2.24. The number of H-pyrrole nitrogens is 1. The van der Waals surface area contributed by atoms with E-state index in [1.807, 2.05) is 38.2 Å². The third kappa shape index (κ3) is 7.04. The summed E-state index contributed by atoms with van der Waals surface area (Å²) < 4.78 is 5.50. The van der Waals surface area contributed by atoms with E-state index in [4.69, 9.17) is 9.84 Å². The molecule has 5 heteroatoms. The van der Waals surface area contributed by atoms with Crippen LogP contribution in [-0.2, 0) is 4.74 Å². The molecule has 0 saturated heterocycles. The molecule has 1 heterocycles. The second-order valence-corrected chi connectivity index (χ2v) is 7.33. The van der Waals surface area contributed by atoms with Gasteiger partial charge in [-0.15, -0.1) is 0 Å². The lowest BCUT2D eigenvalue weighted by atomic mass is 10.0. The Morgan fingerprint density at radius 1 is 1.24 bits per heavy atom. The molecule has 0 fully saturated rings. The molecule has 1 aromatic heterocycles. The zero-order valence-electron chi connectivity index (χ0n) is 18.1. The van der Waals surface area contributed by atoms with Crippen LogP contribution in [0.15, 0.2) is 60.4 Å². The highest BCUT2D eigenvalue weighted by molar-refractivity contribution is 5.69. The van der Waals surface area contributed by atoms with Crippen LogP contribution in [0.5, 0.6) is 0 Å². The van der Waals surface area contributed by atoms with Gasteiger partial charge in [-0.3, -0.25) is 5.10 Å². The third-order valence-electron chi connectivity index (χ3n) is 4.45. The van der Waals surface area contributed by atoms with Gasteiger partial charge in [-0.1, -0.05) is 44.2 Å². The molecule has 0 amide bonds. The Labute approximate surface area is 174 Å². The van der Waals surface area contributed by atoms with Crippen LogP contribution in [0.4, 0.5) is 0 Å². The Bertz CT molecular complexity index is 863. The van der Waals surface area contributed by atoms with Gasteiger partial charge in [-0.25, -0.2) is 0 Å². The molecule has 2 aromatic rings. The number of aliphatic hydroxyl groups excluding tert-OH is 1. The van der Waals surface area contributed by atoms with E-state index in [-0.39, 0.29) is 19.3 Å². The summed E-state index contributed by atoms with van der Waals surface area (Å²) in [5.41, 5.74) is 5.26. The summed E-state index contributed by atoms with van der Waals surface area (Å²) in [5.74, 6) is 0.705. The van der Waals surface area contributed by atoms with Gasteiger partial charge in [0.2, 0.25) is 0 Å². The van der Waals surface area contributed by atoms with Crippen molar-refractivity contribution in [2.45, 2.75) is 46.7 Å². The standard InChI is InChI=1S/C24H33N3O2/c1-6-8-22(29-14-13-28)12-11-18(4)23-16-24(27-26-23)21-10-7-9-20(15-21)19(5)25-17(2)3/h6-12,15-17,19,25,28H,13-14H2,1-5H3,(H,26,27)/b8-6-,18-11+,22-12+. The monoisotopic (exact) mass is 395 g/mol. The van der Waals surface area contributed by atoms with E-state index in [2.05, 4.69) is 66.6 Å². The molecule has 3 N–H and O–H groups in total. The molecular formula is C24H33N3O2. The number of ether oxygens (including phenoxy) is 1. The number of aromatic nitrogens is 2. The number of nitrogens with zero attached hydrogens (tertiary/aromatic N) is 1. The zero-order chi connectivity index (χ0) is 21.2. The third-order valence-corrected chi connectivity index (χ3v) is 4.45. The van der Waals surface area contributed by atoms with E-state index in [1.165, 1.54) is 5.56 Å². The maximum Gasteiger partial charge on any atom is 0.119 e. The molecule has 0 saturated carbocycles. The summed E-state index contributed by atoms with van der Waals surface area (Å²) >= 11 is 0. The van der Waals surface area contributed by atoms with Gasteiger partial charge in [0.15, 0.2) is 0 Å². The first kappa shape index (κ1) is 22.7. The highest BCUT2D eigenvalue weighted by atomic mass is 16.5. The molecule has 1 aromatic carbocycles. The van der Waals surface area contributed by atoms with Gasteiger partial charge in [-0.05, 0) is 61.8 Å². The minimum Gasteiger partial charge on any atom is -0.491 e. The minimum absolute atomic E-state index is 0.00924. The first-order valence-electron chi connectivity index (χ1n) is 10.1. The van der Waals surface area contributed by atoms with E-state index in [9.17, 15) is 0 Å². The van der Waals surface area contributed by atoms with Gasteiger partial charge in [0, 0.05) is 12.1 Å². The van der Waals surface area contributed by atoms with Crippen LogP contribution in [-0.4, -0.2) is 34.6 Å². The van der Waals surface area contributed by atoms with Crippen LogP contribution in [0.3, 0.4) is 0 Å². The molecule has 0 aliphatic carbocycles. The quantitative estimate of drug-likeness (QED) is 0.391. The van der Waals surface area contributed by atoms with Gasteiger partial charge in [-0.2, -0.15) is 5.10 Å². The van der Waals surface area contributed by atoms with Crippen molar-refractivity contribution in [1.82, 2.24) is 15.5 Å². The summed E-state index contributed by atoms with van der Waals surface area (Å²) in [6.45, 7) is 10.7. The molecule has 5 nitrogen and oxygen atoms in total. The van der Waals surface area contributed by atoms with E-state index in [1.54, 1.807) is 0 Å². The number of aliphatic hydroxyl groups is 1. The SMILES string of the molecule is C\C=C/C(=C\C=C(/C)c1cc(-c2cccc(C(C)NC(C)C)c2)[nH]n1)OCCO. The summed E-state index contributed by atoms with van der Waals surface area (Å²) in [6.07, 6.45) is 7.63. The maximum absolute atomic E-state index is 8.94. The number of benzene rings is 1. The number of rotatable bonds is 10. The van der Waals surface area contributed by atoms with Crippen LogP contribution in [0.2, 0.25) is 0 Å². The summed E-state index contributed by atoms with van der Waals surface area (Å²) in [6, 6.07) is 11.3. The van der Waals surface area contributed by atoms with Crippen molar-refractivity contribution in [3.8, 4) is 11.3 Å². The predicted octanol–water partition coefficient (Wildman–Crippen LogP) is 5.01. The van der Waals surface area contributed by atoms with Crippen molar-refractivity contribution in [3.05, 3.63) is 71.7 Å². The van der Waals surface area contributed by atoms with Gasteiger partial charge in [0.25, 0.3) is 0 Å². The lowest BCUT2D eigenvalue weighted by Gasteiger charge is -2.17. The first-order valence-corrected chi connectivity index (χ1v) is 10.1. The Morgan fingerprint density at radius 2 is 2.03 bits per heavy atom. The molecule has 2 rings (SSSR count). The average molecular weight is 396 g/mol. The Balaban J connectivity index is 2.19. The minimum atomic E-state index is -0.00924. The van der Waals surface area contributed by atoms with Crippen molar-refractivity contribution in [2.24, 2.45) is 0 Å². The smallest absolute Gasteiger partial charge is 0.119 e. The highest BCUT2D eigenvalue weighted by Gasteiger charge is 2.10. The van der Waals surface area contributed by atoms with E-state index in [0.717, 1.165) is 22.5 Å². The van der Waals surface area contributed by atoms with E-state index < -0.39 is 0 Å². The second-order valence-electron chi connectivity index (χ2n) is 7.33. The summed E-state index contributed by atoms with van der Waals surface area (Å²) in [4.78, 5) is 0. The number of hydrogen-bond donors (Lipinski definition) is 3. The second kappa shape index (κ2) is 11.4. The zero-order valence-corrected chi connectivity index (χ0v) is 18.1. The fraction of sp³-hybridized carbons (Fsp3) is 0.375. The number of nitrogens with one attached hydrogen (secondary N) is 2. The Morgan fingerprint density at radius 3 is 2.72 bits per heavy atom. The topological polar surface area (TPSA) is 70.2 Å². The van der Waals surface area contributed by atoms with E-state index >= 15 is 0 Å². The Kier molecular flexibility index (Phi) is 8.90. The molecule has 0 aliphatic rings. The molecule has 0 bridgehead atoms. The predicted molar refractivity (Wildman–Crippen MR) is 120 cm³/mol. The molecule has 1 atom stereocenters. The fourth-order valence-electron chi connectivity index (χ4n) is 3.02. The van der Waals surface area contributed by atoms with E-state index in [0.29, 0.717) is 11.8 Å². The molecule has 29 heavy (non-hydrogen) atoms. The maximum atomic E-state index is 8.94. The van der Waals surface area contributed by atoms with Gasteiger partial charge < -0.3 is 15.2 Å². The molecule has 0 aliphatic heterocycles. The molecule has 156 valence electrons. The van der Waals surface area contributed by atoms with Crippen LogP contribution in [0.25, 0.3) is 16.8 Å².